The number of rotatable bonds is 3. The van der Waals surface area contributed by atoms with E-state index < -0.39 is 0 Å². The smallest absolute Gasteiger partial charge is 0.0366 e. The van der Waals surface area contributed by atoms with Crippen molar-refractivity contribution in [1.29, 1.82) is 0 Å². The Kier molecular flexibility index (Phi) is 4.30. The molecule has 0 nitrogen and oxygen atoms in total. The van der Waals surface area contributed by atoms with Crippen molar-refractivity contribution in [3.05, 3.63) is 0 Å². The van der Waals surface area contributed by atoms with Crippen molar-refractivity contribution >= 4 is 11.6 Å². The van der Waals surface area contributed by atoms with E-state index in [0.717, 1.165) is 11.8 Å². The van der Waals surface area contributed by atoms with Gasteiger partial charge in [0.1, 0.15) is 0 Å². The zero-order chi connectivity index (χ0) is 10.8. The highest BCUT2D eigenvalue weighted by Gasteiger charge is 2.35. The largest absolute Gasteiger partial charge is 0.123 e. The first kappa shape index (κ1) is 12.4. The van der Waals surface area contributed by atoms with Crippen LogP contribution < -0.4 is 0 Å². The van der Waals surface area contributed by atoms with Gasteiger partial charge in [0.15, 0.2) is 0 Å². The summed E-state index contributed by atoms with van der Waals surface area (Å²) in [5, 5.41) is 0.422. The molecule has 0 aromatic carbocycles. The van der Waals surface area contributed by atoms with Crippen molar-refractivity contribution in [2.24, 2.45) is 17.3 Å². The second-order valence-corrected chi connectivity index (χ2v) is 6.41. The number of halogens is 1. The lowest BCUT2D eigenvalue weighted by Gasteiger charge is -2.41. The molecule has 0 spiro atoms. The Balaban J connectivity index is 2.49. The minimum absolute atomic E-state index is 0.422. The average Bonchev–Trinajstić information content (AvgIpc) is 2.02. The molecule has 0 radical (unpaired) electrons. The molecule has 3 atom stereocenters. The monoisotopic (exact) mass is 216 g/mol. The van der Waals surface area contributed by atoms with Crippen LogP contribution in [0.2, 0.25) is 0 Å². The standard InChI is InChI=1S/C13H25Cl/c1-5-6-12(14)11-7-8-13(3,4)9-10(11)2/h10-12H,5-9H2,1-4H3. The van der Waals surface area contributed by atoms with Crippen LogP contribution >= 0.6 is 11.6 Å². The van der Waals surface area contributed by atoms with Gasteiger partial charge in [0, 0.05) is 5.38 Å². The van der Waals surface area contributed by atoms with Crippen molar-refractivity contribution in [3.8, 4) is 0 Å². The predicted octanol–water partition coefficient (Wildman–Crippen LogP) is 4.86. The van der Waals surface area contributed by atoms with Crippen LogP contribution in [0.5, 0.6) is 0 Å². The van der Waals surface area contributed by atoms with Crippen molar-refractivity contribution in [3.63, 3.8) is 0 Å². The van der Waals surface area contributed by atoms with E-state index >= 15 is 0 Å². The molecule has 0 N–H and O–H groups in total. The van der Waals surface area contributed by atoms with Crippen LogP contribution in [0.1, 0.15) is 59.8 Å². The van der Waals surface area contributed by atoms with Crippen LogP contribution in [0.4, 0.5) is 0 Å². The summed E-state index contributed by atoms with van der Waals surface area (Å²) in [6.45, 7) is 9.40. The van der Waals surface area contributed by atoms with Gasteiger partial charge in [0.05, 0.1) is 0 Å². The van der Waals surface area contributed by atoms with Crippen LogP contribution in [0.25, 0.3) is 0 Å². The van der Waals surface area contributed by atoms with E-state index in [1.165, 1.54) is 32.1 Å². The van der Waals surface area contributed by atoms with Gasteiger partial charge < -0.3 is 0 Å². The van der Waals surface area contributed by atoms with E-state index in [1.807, 2.05) is 0 Å². The summed E-state index contributed by atoms with van der Waals surface area (Å²) in [7, 11) is 0. The molecule has 0 aromatic heterocycles. The van der Waals surface area contributed by atoms with Crippen LogP contribution in [0, 0.1) is 17.3 Å². The van der Waals surface area contributed by atoms with Gasteiger partial charge in [0.2, 0.25) is 0 Å². The van der Waals surface area contributed by atoms with E-state index in [1.54, 1.807) is 0 Å². The zero-order valence-electron chi connectivity index (χ0n) is 10.1. The summed E-state index contributed by atoms with van der Waals surface area (Å²) >= 11 is 6.45. The normalized spacial score (nSPS) is 34.1. The van der Waals surface area contributed by atoms with Gasteiger partial charge in [-0.2, -0.15) is 0 Å². The molecule has 0 bridgehead atoms. The van der Waals surface area contributed by atoms with Gasteiger partial charge in [-0.3, -0.25) is 0 Å². The summed E-state index contributed by atoms with van der Waals surface area (Å²) < 4.78 is 0. The highest BCUT2D eigenvalue weighted by atomic mass is 35.5. The lowest BCUT2D eigenvalue weighted by Crippen LogP contribution is -2.33. The van der Waals surface area contributed by atoms with E-state index in [9.17, 15) is 0 Å². The van der Waals surface area contributed by atoms with Gasteiger partial charge in [-0.25, -0.2) is 0 Å². The first-order valence-electron chi connectivity index (χ1n) is 6.10. The van der Waals surface area contributed by atoms with Crippen LogP contribution in [-0.2, 0) is 0 Å². The second-order valence-electron chi connectivity index (χ2n) is 5.85. The van der Waals surface area contributed by atoms with Gasteiger partial charge in [-0.05, 0) is 42.9 Å². The van der Waals surface area contributed by atoms with E-state index in [0.29, 0.717) is 10.8 Å². The lowest BCUT2D eigenvalue weighted by atomic mass is 9.66. The summed E-state index contributed by atoms with van der Waals surface area (Å²) in [5.74, 6) is 1.58. The number of hydrogen-bond acceptors (Lipinski definition) is 0. The highest BCUT2D eigenvalue weighted by molar-refractivity contribution is 6.20. The van der Waals surface area contributed by atoms with Gasteiger partial charge >= 0.3 is 0 Å². The molecule has 0 aliphatic heterocycles. The molecule has 1 saturated carbocycles. The Labute approximate surface area is 94.4 Å². The fourth-order valence-corrected chi connectivity index (χ4v) is 3.59. The van der Waals surface area contributed by atoms with Crippen molar-refractivity contribution in [2.45, 2.75) is 65.2 Å². The van der Waals surface area contributed by atoms with Crippen LogP contribution in [-0.4, -0.2) is 5.38 Å². The molecule has 1 aliphatic rings. The van der Waals surface area contributed by atoms with Gasteiger partial charge in [-0.1, -0.05) is 34.1 Å². The topological polar surface area (TPSA) is 0 Å². The second kappa shape index (κ2) is 4.88. The Morgan fingerprint density at radius 3 is 2.57 bits per heavy atom. The Morgan fingerprint density at radius 2 is 2.07 bits per heavy atom. The van der Waals surface area contributed by atoms with Crippen LogP contribution in [0.15, 0.2) is 0 Å². The summed E-state index contributed by atoms with van der Waals surface area (Å²) in [6.07, 6.45) is 6.46. The molecule has 0 amide bonds. The van der Waals surface area contributed by atoms with Crippen molar-refractivity contribution < 1.29 is 0 Å². The summed E-state index contributed by atoms with van der Waals surface area (Å²) in [6, 6.07) is 0. The fraction of sp³-hybridized carbons (Fsp3) is 1.00. The molecule has 0 saturated heterocycles. The Hall–Kier alpha value is 0.290. The molecule has 1 aliphatic carbocycles. The molecule has 1 heteroatoms. The third kappa shape index (κ3) is 3.15. The molecular formula is C13H25Cl. The molecule has 84 valence electrons. The lowest BCUT2D eigenvalue weighted by molar-refractivity contribution is 0.124. The van der Waals surface area contributed by atoms with Crippen molar-refractivity contribution in [2.75, 3.05) is 0 Å². The van der Waals surface area contributed by atoms with Crippen molar-refractivity contribution in [1.82, 2.24) is 0 Å². The molecule has 1 rings (SSSR count). The predicted molar refractivity (Wildman–Crippen MR) is 64.8 cm³/mol. The SMILES string of the molecule is CCCC(Cl)C1CCC(C)(C)CC1C. The minimum Gasteiger partial charge on any atom is -0.123 e. The van der Waals surface area contributed by atoms with E-state index in [4.69, 9.17) is 11.6 Å². The molecule has 1 fully saturated rings. The maximum atomic E-state index is 6.45. The quantitative estimate of drug-likeness (QED) is 0.592. The summed E-state index contributed by atoms with van der Waals surface area (Å²) in [5.41, 5.74) is 0.554. The van der Waals surface area contributed by atoms with E-state index in [-0.39, 0.29) is 0 Å². The maximum absolute atomic E-state index is 6.45. The third-order valence-corrected chi connectivity index (χ3v) is 4.33. The molecule has 0 heterocycles. The molecular weight excluding hydrogens is 192 g/mol. The Bertz CT molecular complexity index is 174. The van der Waals surface area contributed by atoms with Gasteiger partial charge in [-0.15, -0.1) is 11.6 Å². The number of hydrogen-bond donors (Lipinski definition) is 0. The molecule has 14 heavy (non-hydrogen) atoms. The minimum atomic E-state index is 0.422. The fourth-order valence-electron chi connectivity index (χ4n) is 2.99. The first-order chi connectivity index (χ1) is 6.46. The zero-order valence-corrected chi connectivity index (χ0v) is 10.9. The highest BCUT2D eigenvalue weighted by Crippen LogP contribution is 2.44. The average molecular weight is 217 g/mol. The van der Waals surface area contributed by atoms with Crippen LogP contribution in [0.3, 0.4) is 0 Å². The van der Waals surface area contributed by atoms with E-state index in [2.05, 4.69) is 27.7 Å². The summed E-state index contributed by atoms with van der Waals surface area (Å²) in [4.78, 5) is 0. The molecule has 0 aromatic rings. The van der Waals surface area contributed by atoms with Gasteiger partial charge in [0.25, 0.3) is 0 Å². The Morgan fingerprint density at radius 1 is 1.43 bits per heavy atom. The molecule has 3 unspecified atom stereocenters. The first-order valence-corrected chi connectivity index (χ1v) is 6.54. The third-order valence-electron chi connectivity index (χ3n) is 3.79. The maximum Gasteiger partial charge on any atom is 0.0366 e. The number of alkyl halides is 1.